The first-order valence-electron chi connectivity index (χ1n) is 7.02. The molecule has 1 aliphatic heterocycles. The lowest BCUT2D eigenvalue weighted by Crippen LogP contribution is -2.32. The number of fused-ring (bicyclic) bond motifs is 1. The van der Waals surface area contributed by atoms with Gasteiger partial charge < -0.3 is 9.80 Å². The van der Waals surface area contributed by atoms with E-state index < -0.39 is 0 Å². The predicted molar refractivity (Wildman–Crippen MR) is 86.1 cm³/mol. The SMILES string of the molecule is Cc1cc2c(N3CCCN(CCCl)CC3)ncnc2s1. The van der Waals surface area contributed by atoms with Gasteiger partial charge >= 0.3 is 0 Å². The van der Waals surface area contributed by atoms with E-state index in [-0.39, 0.29) is 0 Å². The molecule has 1 fully saturated rings. The van der Waals surface area contributed by atoms with Gasteiger partial charge in [-0.1, -0.05) is 0 Å². The first kappa shape index (κ1) is 14.0. The van der Waals surface area contributed by atoms with Crippen LogP contribution in [0.3, 0.4) is 0 Å². The van der Waals surface area contributed by atoms with Gasteiger partial charge in [0.1, 0.15) is 17.0 Å². The van der Waals surface area contributed by atoms with E-state index in [0.717, 1.165) is 49.8 Å². The summed E-state index contributed by atoms with van der Waals surface area (Å²) in [5.74, 6) is 1.80. The highest BCUT2D eigenvalue weighted by Gasteiger charge is 2.18. The molecule has 20 heavy (non-hydrogen) atoms. The van der Waals surface area contributed by atoms with Gasteiger partial charge in [-0.2, -0.15) is 0 Å². The van der Waals surface area contributed by atoms with Gasteiger partial charge in [-0.05, 0) is 26.0 Å². The number of aromatic nitrogens is 2. The molecule has 3 heterocycles. The highest BCUT2D eigenvalue weighted by molar-refractivity contribution is 7.18. The number of aryl methyl sites for hydroxylation is 1. The largest absolute Gasteiger partial charge is 0.355 e. The molecule has 0 atom stereocenters. The van der Waals surface area contributed by atoms with Crippen LogP contribution in [0.2, 0.25) is 0 Å². The van der Waals surface area contributed by atoms with Crippen LogP contribution < -0.4 is 4.90 Å². The summed E-state index contributed by atoms with van der Waals surface area (Å²) in [5.41, 5.74) is 0. The highest BCUT2D eigenvalue weighted by Crippen LogP contribution is 2.30. The van der Waals surface area contributed by atoms with Crippen LogP contribution in [0.25, 0.3) is 10.2 Å². The van der Waals surface area contributed by atoms with Crippen molar-refractivity contribution in [2.75, 3.05) is 43.5 Å². The van der Waals surface area contributed by atoms with E-state index >= 15 is 0 Å². The number of rotatable bonds is 3. The first-order chi connectivity index (χ1) is 9.78. The summed E-state index contributed by atoms with van der Waals surface area (Å²) < 4.78 is 0. The normalized spacial score (nSPS) is 17.6. The lowest BCUT2D eigenvalue weighted by Gasteiger charge is -2.22. The van der Waals surface area contributed by atoms with Gasteiger partial charge in [-0.3, -0.25) is 0 Å². The van der Waals surface area contributed by atoms with E-state index in [0.29, 0.717) is 5.88 Å². The Morgan fingerprint density at radius 1 is 1.25 bits per heavy atom. The minimum Gasteiger partial charge on any atom is -0.355 e. The van der Waals surface area contributed by atoms with Crippen LogP contribution in [0, 0.1) is 6.92 Å². The van der Waals surface area contributed by atoms with Crippen molar-refractivity contribution in [1.29, 1.82) is 0 Å². The third kappa shape index (κ3) is 2.90. The summed E-state index contributed by atoms with van der Waals surface area (Å²) in [4.78, 5) is 16.1. The second kappa shape index (κ2) is 6.24. The number of thiophene rings is 1. The molecule has 0 N–H and O–H groups in total. The fourth-order valence-corrected chi connectivity index (χ4v) is 3.82. The molecule has 0 amide bonds. The summed E-state index contributed by atoms with van der Waals surface area (Å²) in [7, 11) is 0. The summed E-state index contributed by atoms with van der Waals surface area (Å²) in [6.07, 6.45) is 2.85. The van der Waals surface area contributed by atoms with Crippen LogP contribution in [0.4, 0.5) is 5.82 Å². The molecule has 3 rings (SSSR count). The maximum absolute atomic E-state index is 5.85. The molecule has 0 spiro atoms. The molecule has 4 nitrogen and oxygen atoms in total. The maximum Gasteiger partial charge on any atom is 0.140 e. The van der Waals surface area contributed by atoms with Crippen LogP contribution >= 0.6 is 22.9 Å². The van der Waals surface area contributed by atoms with Crippen molar-refractivity contribution >= 4 is 39.0 Å². The van der Waals surface area contributed by atoms with Crippen molar-refractivity contribution in [3.05, 3.63) is 17.3 Å². The minimum atomic E-state index is 0.710. The Labute approximate surface area is 128 Å². The lowest BCUT2D eigenvalue weighted by molar-refractivity contribution is 0.311. The smallest absolute Gasteiger partial charge is 0.140 e. The van der Waals surface area contributed by atoms with Gasteiger partial charge in [0.2, 0.25) is 0 Å². The molecule has 1 saturated heterocycles. The number of hydrogen-bond acceptors (Lipinski definition) is 5. The molecular formula is C14H19ClN4S. The fraction of sp³-hybridized carbons (Fsp3) is 0.571. The van der Waals surface area contributed by atoms with Gasteiger partial charge in [0, 0.05) is 36.9 Å². The quantitative estimate of drug-likeness (QED) is 0.816. The van der Waals surface area contributed by atoms with Crippen molar-refractivity contribution in [1.82, 2.24) is 14.9 Å². The number of nitrogens with zero attached hydrogens (tertiary/aromatic N) is 4. The second-order valence-electron chi connectivity index (χ2n) is 5.14. The van der Waals surface area contributed by atoms with Crippen molar-refractivity contribution in [3.8, 4) is 0 Å². The molecule has 2 aromatic heterocycles. The van der Waals surface area contributed by atoms with E-state index in [2.05, 4.69) is 32.8 Å². The number of halogens is 1. The molecule has 108 valence electrons. The average molecular weight is 311 g/mol. The minimum absolute atomic E-state index is 0.710. The molecule has 1 aliphatic rings. The van der Waals surface area contributed by atoms with E-state index in [1.165, 1.54) is 10.3 Å². The number of alkyl halides is 1. The van der Waals surface area contributed by atoms with E-state index in [1.54, 1.807) is 17.7 Å². The zero-order valence-corrected chi connectivity index (χ0v) is 13.3. The van der Waals surface area contributed by atoms with Crippen LogP contribution in [0.15, 0.2) is 12.4 Å². The van der Waals surface area contributed by atoms with Gasteiger partial charge in [-0.15, -0.1) is 22.9 Å². The van der Waals surface area contributed by atoms with E-state index in [9.17, 15) is 0 Å². The molecule has 0 radical (unpaired) electrons. The molecule has 0 bridgehead atoms. The topological polar surface area (TPSA) is 32.3 Å². The van der Waals surface area contributed by atoms with Gasteiger partial charge in [0.25, 0.3) is 0 Å². The molecule has 0 saturated carbocycles. The van der Waals surface area contributed by atoms with E-state index in [1.807, 2.05) is 0 Å². The fourth-order valence-electron chi connectivity index (χ4n) is 2.74. The van der Waals surface area contributed by atoms with Crippen molar-refractivity contribution in [2.24, 2.45) is 0 Å². The zero-order chi connectivity index (χ0) is 13.9. The van der Waals surface area contributed by atoms with Gasteiger partial charge in [0.05, 0.1) is 5.39 Å². The van der Waals surface area contributed by atoms with Crippen LogP contribution in [-0.4, -0.2) is 53.5 Å². The lowest BCUT2D eigenvalue weighted by atomic mass is 10.3. The standard InChI is InChI=1S/C14H19ClN4S/c1-11-9-12-13(16-10-17-14(12)20-11)19-5-2-4-18(6-3-15)7-8-19/h9-10H,2-8H2,1H3. The molecular weight excluding hydrogens is 292 g/mol. The number of hydrogen-bond donors (Lipinski definition) is 0. The zero-order valence-electron chi connectivity index (χ0n) is 11.7. The Morgan fingerprint density at radius 2 is 2.15 bits per heavy atom. The van der Waals surface area contributed by atoms with Crippen LogP contribution in [-0.2, 0) is 0 Å². The molecule has 2 aromatic rings. The Bertz CT molecular complexity index is 586. The number of anilines is 1. The monoisotopic (exact) mass is 310 g/mol. The maximum atomic E-state index is 5.85. The van der Waals surface area contributed by atoms with Crippen molar-refractivity contribution in [2.45, 2.75) is 13.3 Å². The average Bonchev–Trinajstić information content (AvgIpc) is 2.67. The summed E-state index contributed by atoms with van der Waals surface area (Å²) in [6, 6.07) is 2.21. The Balaban J connectivity index is 1.84. The van der Waals surface area contributed by atoms with Crippen LogP contribution in [0.5, 0.6) is 0 Å². The van der Waals surface area contributed by atoms with Crippen molar-refractivity contribution in [3.63, 3.8) is 0 Å². The van der Waals surface area contributed by atoms with Crippen LogP contribution in [0.1, 0.15) is 11.3 Å². The predicted octanol–water partition coefficient (Wildman–Crippen LogP) is 2.75. The highest BCUT2D eigenvalue weighted by atomic mass is 35.5. The summed E-state index contributed by atoms with van der Waals surface area (Å²) >= 11 is 7.59. The first-order valence-corrected chi connectivity index (χ1v) is 8.37. The molecule has 0 aliphatic carbocycles. The van der Waals surface area contributed by atoms with Gasteiger partial charge in [-0.25, -0.2) is 9.97 Å². The third-order valence-corrected chi connectivity index (χ3v) is 4.85. The van der Waals surface area contributed by atoms with Gasteiger partial charge in [0.15, 0.2) is 0 Å². The molecule has 6 heteroatoms. The Morgan fingerprint density at radius 3 is 3.00 bits per heavy atom. The molecule has 0 aromatic carbocycles. The van der Waals surface area contributed by atoms with E-state index in [4.69, 9.17) is 11.6 Å². The Kier molecular flexibility index (Phi) is 4.38. The van der Waals surface area contributed by atoms with Crippen molar-refractivity contribution < 1.29 is 0 Å². The Hall–Kier alpha value is -0.910. The summed E-state index contributed by atoms with van der Waals surface area (Å²) in [5, 5.41) is 1.20. The third-order valence-electron chi connectivity index (χ3n) is 3.72. The second-order valence-corrected chi connectivity index (χ2v) is 6.76. The molecule has 0 unspecified atom stereocenters. The summed E-state index contributed by atoms with van der Waals surface area (Å²) in [6.45, 7) is 7.35.